The van der Waals surface area contributed by atoms with E-state index in [1.165, 1.54) is 16.7 Å². The van der Waals surface area contributed by atoms with E-state index in [1.807, 2.05) is 11.8 Å². The summed E-state index contributed by atoms with van der Waals surface area (Å²) in [4.78, 5) is 14.5. The second-order valence-electron chi connectivity index (χ2n) is 5.77. The Morgan fingerprint density at radius 3 is 2.76 bits per heavy atom. The standard InChI is InChI=1S/C17H26N2O2/c1-5-15-17(20)19(9-6-10-21-4)16(18-15)14-11-12(2)7-8-13(14)3/h7-8,11,15-16,18H,5-6,9-10H2,1-4H3. The van der Waals surface area contributed by atoms with Gasteiger partial charge in [0.05, 0.1) is 6.04 Å². The lowest BCUT2D eigenvalue weighted by Gasteiger charge is -2.26. The van der Waals surface area contributed by atoms with Crippen LogP contribution in [0, 0.1) is 13.8 Å². The average Bonchev–Trinajstić information content (AvgIpc) is 2.79. The van der Waals surface area contributed by atoms with Crippen LogP contribution in [-0.2, 0) is 9.53 Å². The highest BCUT2D eigenvalue weighted by Gasteiger charge is 2.38. The summed E-state index contributed by atoms with van der Waals surface area (Å²) in [6, 6.07) is 6.35. The summed E-state index contributed by atoms with van der Waals surface area (Å²) in [6.07, 6.45) is 1.67. The molecule has 21 heavy (non-hydrogen) atoms. The smallest absolute Gasteiger partial charge is 0.241 e. The molecule has 1 N–H and O–H groups in total. The fourth-order valence-electron chi connectivity index (χ4n) is 2.90. The molecule has 2 rings (SSSR count). The molecule has 4 heteroatoms. The Morgan fingerprint density at radius 2 is 2.10 bits per heavy atom. The number of carbonyl (C=O) groups excluding carboxylic acids is 1. The molecule has 1 aromatic carbocycles. The first kappa shape index (κ1) is 16.0. The van der Waals surface area contributed by atoms with E-state index >= 15 is 0 Å². The first-order valence-corrected chi connectivity index (χ1v) is 7.71. The highest BCUT2D eigenvalue weighted by atomic mass is 16.5. The van der Waals surface area contributed by atoms with Gasteiger partial charge in [0.1, 0.15) is 6.17 Å². The van der Waals surface area contributed by atoms with Gasteiger partial charge in [-0.15, -0.1) is 0 Å². The number of nitrogens with zero attached hydrogens (tertiary/aromatic N) is 1. The molecule has 0 radical (unpaired) electrons. The fraction of sp³-hybridized carbons (Fsp3) is 0.588. The number of methoxy groups -OCH3 is 1. The Labute approximate surface area is 127 Å². The predicted molar refractivity (Wildman–Crippen MR) is 84.1 cm³/mol. The largest absolute Gasteiger partial charge is 0.385 e. The zero-order chi connectivity index (χ0) is 15.4. The number of carbonyl (C=O) groups is 1. The van der Waals surface area contributed by atoms with Gasteiger partial charge in [-0.2, -0.15) is 0 Å². The highest BCUT2D eigenvalue weighted by molar-refractivity contribution is 5.84. The van der Waals surface area contributed by atoms with Gasteiger partial charge in [0.15, 0.2) is 0 Å². The number of nitrogens with one attached hydrogen (secondary N) is 1. The van der Waals surface area contributed by atoms with E-state index in [4.69, 9.17) is 4.74 Å². The van der Waals surface area contributed by atoms with Gasteiger partial charge in [-0.05, 0) is 37.8 Å². The SMILES string of the molecule is CCC1NC(c2cc(C)ccc2C)N(CCCOC)C1=O. The lowest BCUT2D eigenvalue weighted by molar-refractivity contribution is -0.130. The minimum absolute atomic E-state index is 0.0146. The van der Waals surface area contributed by atoms with Crippen molar-refractivity contribution in [1.82, 2.24) is 10.2 Å². The molecule has 0 aliphatic carbocycles. The molecule has 0 spiro atoms. The Kier molecular flexibility index (Phi) is 5.37. The first-order valence-electron chi connectivity index (χ1n) is 7.71. The normalized spacial score (nSPS) is 22.1. The average molecular weight is 290 g/mol. The maximum Gasteiger partial charge on any atom is 0.241 e. The van der Waals surface area contributed by atoms with Gasteiger partial charge in [-0.1, -0.05) is 30.7 Å². The number of aryl methyl sites for hydroxylation is 2. The summed E-state index contributed by atoms with van der Waals surface area (Å²) in [5, 5.41) is 3.49. The van der Waals surface area contributed by atoms with Gasteiger partial charge in [-0.25, -0.2) is 0 Å². The zero-order valence-electron chi connectivity index (χ0n) is 13.5. The molecule has 0 aromatic heterocycles. The van der Waals surface area contributed by atoms with E-state index in [0.29, 0.717) is 6.61 Å². The van der Waals surface area contributed by atoms with Gasteiger partial charge in [0.25, 0.3) is 0 Å². The number of hydrogen-bond donors (Lipinski definition) is 1. The third-order valence-electron chi connectivity index (χ3n) is 4.14. The van der Waals surface area contributed by atoms with E-state index in [0.717, 1.165) is 19.4 Å². The van der Waals surface area contributed by atoms with Crippen molar-refractivity contribution in [1.29, 1.82) is 0 Å². The van der Waals surface area contributed by atoms with Crippen molar-refractivity contribution in [2.45, 2.75) is 45.8 Å². The molecule has 1 fully saturated rings. The number of ether oxygens (including phenoxy) is 1. The van der Waals surface area contributed by atoms with Crippen LogP contribution < -0.4 is 5.32 Å². The lowest BCUT2D eigenvalue weighted by Crippen LogP contribution is -2.32. The van der Waals surface area contributed by atoms with Gasteiger partial charge in [0.2, 0.25) is 5.91 Å². The Hall–Kier alpha value is -1.39. The molecule has 2 atom stereocenters. The van der Waals surface area contributed by atoms with Crippen molar-refractivity contribution < 1.29 is 9.53 Å². The van der Waals surface area contributed by atoms with Crippen LogP contribution in [0.3, 0.4) is 0 Å². The quantitative estimate of drug-likeness (QED) is 0.819. The van der Waals surface area contributed by atoms with E-state index < -0.39 is 0 Å². The van der Waals surface area contributed by atoms with E-state index in [2.05, 4.69) is 37.4 Å². The topological polar surface area (TPSA) is 41.6 Å². The lowest BCUT2D eigenvalue weighted by atomic mass is 10.0. The molecule has 0 bridgehead atoms. The van der Waals surface area contributed by atoms with E-state index in [-0.39, 0.29) is 18.1 Å². The summed E-state index contributed by atoms with van der Waals surface area (Å²) in [6.45, 7) is 7.66. The van der Waals surface area contributed by atoms with E-state index in [9.17, 15) is 4.79 Å². The third kappa shape index (κ3) is 3.44. The number of benzene rings is 1. The second-order valence-corrected chi connectivity index (χ2v) is 5.77. The number of hydrogen-bond acceptors (Lipinski definition) is 3. The van der Waals surface area contributed by atoms with Crippen LogP contribution in [0.5, 0.6) is 0 Å². The Morgan fingerprint density at radius 1 is 1.33 bits per heavy atom. The van der Waals surface area contributed by atoms with Crippen molar-refractivity contribution in [2.75, 3.05) is 20.3 Å². The summed E-state index contributed by atoms with van der Waals surface area (Å²) in [7, 11) is 1.70. The molecule has 0 saturated carbocycles. The van der Waals surface area contributed by atoms with Crippen molar-refractivity contribution >= 4 is 5.91 Å². The molecule has 2 unspecified atom stereocenters. The van der Waals surface area contributed by atoms with Crippen LogP contribution in [0.2, 0.25) is 0 Å². The molecule has 1 heterocycles. The van der Waals surface area contributed by atoms with Gasteiger partial charge in [-0.3, -0.25) is 10.1 Å². The maximum atomic E-state index is 12.5. The van der Waals surface area contributed by atoms with Crippen LogP contribution in [-0.4, -0.2) is 37.1 Å². The molecule has 1 aliphatic heterocycles. The summed E-state index contributed by atoms with van der Waals surface area (Å²) in [5.41, 5.74) is 3.65. The maximum absolute atomic E-state index is 12.5. The molecule has 1 saturated heterocycles. The first-order chi connectivity index (χ1) is 10.1. The Balaban J connectivity index is 2.25. The second kappa shape index (κ2) is 7.05. The van der Waals surface area contributed by atoms with Crippen LogP contribution in [0.25, 0.3) is 0 Å². The van der Waals surface area contributed by atoms with Crippen molar-refractivity contribution in [3.63, 3.8) is 0 Å². The van der Waals surface area contributed by atoms with Gasteiger partial charge in [0, 0.05) is 20.3 Å². The minimum Gasteiger partial charge on any atom is -0.385 e. The predicted octanol–water partition coefficient (Wildman–Crippen LogP) is 2.55. The molecule has 1 amide bonds. The van der Waals surface area contributed by atoms with Crippen LogP contribution in [0.15, 0.2) is 18.2 Å². The molecule has 1 aliphatic rings. The summed E-state index contributed by atoms with van der Waals surface area (Å²) in [5.74, 6) is 0.208. The van der Waals surface area contributed by atoms with Gasteiger partial charge < -0.3 is 9.64 Å². The number of amides is 1. The van der Waals surface area contributed by atoms with Crippen molar-refractivity contribution in [3.05, 3.63) is 34.9 Å². The van der Waals surface area contributed by atoms with Crippen molar-refractivity contribution in [2.24, 2.45) is 0 Å². The van der Waals surface area contributed by atoms with Gasteiger partial charge >= 0.3 is 0 Å². The van der Waals surface area contributed by atoms with Crippen LogP contribution in [0.1, 0.15) is 42.6 Å². The van der Waals surface area contributed by atoms with Crippen LogP contribution in [0.4, 0.5) is 0 Å². The molecule has 1 aromatic rings. The summed E-state index contributed by atoms with van der Waals surface area (Å²) >= 11 is 0. The number of rotatable bonds is 6. The summed E-state index contributed by atoms with van der Waals surface area (Å²) < 4.78 is 5.12. The Bertz CT molecular complexity index is 502. The molecular weight excluding hydrogens is 264 g/mol. The molecular formula is C17H26N2O2. The zero-order valence-corrected chi connectivity index (χ0v) is 13.5. The monoisotopic (exact) mass is 290 g/mol. The van der Waals surface area contributed by atoms with Crippen LogP contribution >= 0.6 is 0 Å². The molecule has 4 nitrogen and oxygen atoms in total. The van der Waals surface area contributed by atoms with E-state index in [1.54, 1.807) is 7.11 Å². The minimum atomic E-state index is -0.0718. The third-order valence-corrected chi connectivity index (χ3v) is 4.14. The fourth-order valence-corrected chi connectivity index (χ4v) is 2.90. The highest BCUT2D eigenvalue weighted by Crippen LogP contribution is 2.29. The molecule has 116 valence electrons. The van der Waals surface area contributed by atoms with Crippen molar-refractivity contribution in [3.8, 4) is 0 Å².